The van der Waals surface area contributed by atoms with E-state index >= 15 is 0 Å². The Morgan fingerprint density at radius 3 is 2.63 bits per heavy atom. The van der Waals surface area contributed by atoms with Crippen molar-refractivity contribution in [2.24, 2.45) is 5.41 Å². The second-order valence-electron chi connectivity index (χ2n) is 8.21. The second-order valence-corrected chi connectivity index (χ2v) is 8.21. The molecule has 1 N–H and O–H groups in total. The van der Waals surface area contributed by atoms with E-state index in [0.29, 0.717) is 0 Å². The van der Waals surface area contributed by atoms with E-state index in [-0.39, 0.29) is 5.91 Å². The van der Waals surface area contributed by atoms with Crippen LogP contribution in [0.15, 0.2) is 67.0 Å². The number of amides is 1. The highest BCUT2D eigenvalue weighted by molar-refractivity contribution is 5.83. The fraction of sp³-hybridized carbons (Fsp3) is 0.320. The first-order valence-corrected chi connectivity index (χ1v) is 10.4. The number of nitrogens with zero attached hydrogens (tertiary/aromatic N) is 3. The van der Waals surface area contributed by atoms with Crippen molar-refractivity contribution in [2.45, 2.75) is 26.3 Å². The number of pyridine rings is 2. The molecule has 1 unspecified atom stereocenters. The lowest BCUT2D eigenvalue weighted by atomic mass is 9.79. The van der Waals surface area contributed by atoms with Crippen molar-refractivity contribution in [3.8, 4) is 11.1 Å². The Bertz CT molecular complexity index is 1000. The van der Waals surface area contributed by atoms with Crippen LogP contribution in [0.4, 0.5) is 0 Å². The summed E-state index contributed by atoms with van der Waals surface area (Å²) >= 11 is 0. The molecule has 1 fully saturated rings. The van der Waals surface area contributed by atoms with E-state index in [1.807, 2.05) is 31.3 Å². The van der Waals surface area contributed by atoms with Crippen LogP contribution in [0.1, 0.15) is 23.4 Å². The number of benzene rings is 1. The summed E-state index contributed by atoms with van der Waals surface area (Å²) in [6.45, 7) is 4.43. The van der Waals surface area contributed by atoms with Crippen LogP contribution in [-0.2, 0) is 17.8 Å². The van der Waals surface area contributed by atoms with Crippen LogP contribution in [0.3, 0.4) is 0 Å². The van der Waals surface area contributed by atoms with Crippen LogP contribution in [0, 0.1) is 12.3 Å². The zero-order valence-corrected chi connectivity index (χ0v) is 17.6. The molecule has 0 aliphatic carbocycles. The van der Waals surface area contributed by atoms with Crippen LogP contribution in [0.5, 0.6) is 0 Å². The van der Waals surface area contributed by atoms with Gasteiger partial charge in [0.1, 0.15) is 0 Å². The molecule has 0 saturated carbocycles. The molecule has 2 aromatic heterocycles. The van der Waals surface area contributed by atoms with Crippen LogP contribution >= 0.6 is 0 Å². The van der Waals surface area contributed by atoms with Crippen molar-refractivity contribution in [2.75, 3.05) is 20.1 Å². The molecular formula is C25H28N4O. The van der Waals surface area contributed by atoms with Gasteiger partial charge in [-0.25, -0.2) is 0 Å². The standard InChI is InChI=1S/C25H28N4O/c1-19-5-3-7-23(28-19)17-29-14-12-25(18-29,24(30)26-2)15-20-8-10-21(11-9-20)22-6-4-13-27-16-22/h3-11,13,16H,12,14-15,17-18H2,1-2H3,(H,26,30). The average Bonchev–Trinajstić information content (AvgIpc) is 3.18. The predicted octanol–water partition coefficient (Wildman–Crippen LogP) is 3.63. The molecule has 1 aliphatic heterocycles. The number of hydrogen-bond donors (Lipinski definition) is 1. The van der Waals surface area contributed by atoms with Gasteiger partial charge in [0.05, 0.1) is 11.1 Å². The Balaban J connectivity index is 1.50. The number of likely N-dealkylation sites (tertiary alicyclic amines) is 1. The maximum absolute atomic E-state index is 12.9. The van der Waals surface area contributed by atoms with Crippen LogP contribution < -0.4 is 5.32 Å². The van der Waals surface area contributed by atoms with Gasteiger partial charge in [0.25, 0.3) is 0 Å². The quantitative estimate of drug-likeness (QED) is 0.686. The molecule has 5 heteroatoms. The number of carbonyl (C=O) groups excluding carboxylic acids is 1. The van der Waals surface area contributed by atoms with E-state index in [1.165, 1.54) is 5.56 Å². The van der Waals surface area contributed by atoms with Crippen LogP contribution in [-0.4, -0.2) is 40.9 Å². The second kappa shape index (κ2) is 8.76. The topological polar surface area (TPSA) is 58.1 Å². The molecule has 1 aromatic carbocycles. The van der Waals surface area contributed by atoms with Gasteiger partial charge in [-0.15, -0.1) is 0 Å². The molecule has 0 radical (unpaired) electrons. The van der Waals surface area contributed by atoms with Gasteiger partial charge in [-0.05, 0) is 61.2 Å². The summed E-state index contributed by atoms with van der Waals surface area (Å²) in [6, 6.07) is 18.6. The highest BCUT2D eigenvalue weighted by Gasteiger charge is 2.44. The van der Waals surface area contributed by atoms with Gasteiger partial charge in [0.2, 0.25) is 5.91 Å². The summed E-state index contributed by atoms with van der Waals surface area (Å²) < 4.78 is 0. The number of carbonyl (C=O) groups is 1. The SMILES string of the molecule is CNC(=O)C1(Cc2ccc(-c3cccnc3)cc2)CCN(Cc2cccc(C)n2)C1. The molecule has 3 heterocycles. The van der Waals surface area contributed by atoms with Crippen LogP contribution in [0.2, 0.25) is 0 Å². The van der Waals surface area contributed by atoms with Gasteiger partial charge in [-0.3, -0.25) is 19.7 Å². The Hall–Kier alpha value is -3.05. The van der Waals surface area contributed by atoms with Crippen LogP contribution in [0.25, 0.3) is 11.1 Å². The fourth-order valence-corrected chi connectivity index (χ4v) is 4.42. The minimum Gasteiger partial charge on any atom is -0.359 e. The molecule has 1 aliphatic rings. The average molecular weight is 401 g/mol. The van der Waals surface area contributed by atoms with Gasteiger partial charge in [-0.2, -0.15) is 0 Å². The minimum absolute atomic E-state index is 0.124. The maximum atomic E-state index is 12.9. The molecule has 30 heavy (non-hydrogen) atoms. The lowest BCUT2D eigenvalue weighted by molar-refractivity contribution is -0.130. The van der Waals surface area contributed by atoms with E-state index in [1.54, 1.807) is 13.2 Å². The molecule has 4 rings (SSSR count). The molecule has 5 nitrogen and oxygen atoms in total. The molecule has 1 saturated heterocycles. The first kappa shape index (κ1) is 20.2. The van der Waals surface area contributed by atoms with E-state index in [9.17, 15) is 4.79 Å². The molecule has 0 bridgehead atoms. The molecule has 0 spiro atoms. The first-order valence-electron chi connectivity index (χ1n) is 10.4. The third kappa shape index (κ3) is 4.41. The fourth-order valence-electron chi connectivity index (χ4n) is 4.42. The third-order valence-electron chi connectivity index (χ3n) is 5.96. The monoisotopic (exact) mass is 400 g/mol. The van der Waals surface area contributed by atoms with Crippen molar-refractivity contribution in [1.82, 2.24) is 20.2 Å². The van der Waals surface area contributed by atoms with Gasteiger partial charge < -0.3 is 5.32 Å². The Morgan fingerprint density at radius 2 is 1.93 bits per heavy atom. The zero-order valence-electron chi connectivity index (χ0n) is 17.6. The largest absolute Gasteiger partial charge is 0.359 e. The molecule has 3 aromatic rings. The summed E-state index contributed by atoms with van der Waals surface area (Å²) in [4.78, 5) is 24.1. The van der Waals surface area contributed by atoms with E-state index < -0.39 is 5.41 Å². The van der Waals surface area contributed by atoms with Gasteiger partial charge >= 0.3 is 0 Å². The predicted molar refractivity (Wildman–Crippen MR) is 119 cm³/mol. The maximum Gasteiger partial charge on any atom is 0.227 e. The zero-order chi connectivity index (χ0) is 21.0. The summed E-state index contributed by atoms with van der Waals surface area (Å²) in [5.41, 5.74) is 5.10. The first-order chi connectivity index (χ1) is 14.6. The van der Waals surface area contributed by atoms with Crippen molar-refractivity contribution in [1.29, 1.82) is 0 Å². The molecule has 1 amide bonds. The lowest BCUT2D eigenvalue weighted by Gasteiger charge is -2.28. The molecular weight excluding hydrogens is 372 g/mol. The number of aryl methyl sites for hydroxylation is 1. The number of hydrogen-bond acceptors (Lipinski definition) is 4. The summed E-state index contributed by atoms with van der Waals surface area (Å²) in [7, 11) is 1.74. The highest BCUT2D eigenvalue weighted by atomic mass is 16.2. The summed E-state index contributed by atoms with van der Waals surface area (Å²) in [5.74, 6) is 0.124. The minimum atomic E-state index is -0.408. The summed E-state index contributed by atoms with van der Waals surface area (Å²) in [5, 5.41) is 2.91. The molecule has 154 valence electrons. The Labute approximate surface area is 178 Å². The highest BCUT2D eigenvalue weighted by Crippen LogP contribution is 2.35. The van der Waals surface area contributed by atoms with Gasteiger partial charge in [0.15, 0.2) is 0 Å². The summed E-state index contributed by atoms with van der Waals surface area (Å²) in [6.07, 6.45) is 5.24. The van der Waals surface area contributed by atoms with Gasteiger partial charge in [0, 0.05) is 38.2 Å². The van der Waals surface area contributed by atoms with Crippen molar-refractivity contribution in [3.63, 3.8) is 0 Å². The van der Waals surface area contributed by atoms with Crippen molar-refractivity contribution in [3.05, 3.63) is 83.9 Å². The smallest absolute Gasteiger partial charge is 0.227 e. The molecule has 1 atom stereocenters. The van der Waals surface area contributed by atoms with E-state index in [0.717, 1.165) is 55.0 Å². The van der Waals surface area contributed by atoms with Crippen molar-refractivity contribution < 1.29 is 4.79 Å². The Morgan fingerprint density at radius 1 is 1.10 bits per heavy atom. The number of rotatable bonds is 6. The number of nitrogens with one attached hydrogen (secondary N) is 1. The normalized spacial score (nSPS) is 19.0. The number of aromatic nitrogens is 2. The van der Waals surface area contributed by atoms with Gasteiger partial charge in [-0.1, -0.05) is 36.4 Å². The van der Waals surface area contributed by atoms with E-state index in [4.69, 9.17) is 0 Å². The van der Waals surface area contributed by atoms with Crippen molar-refractivity contribution >= 4 is 5.91 Å². The Kier molecular flexibility index (Phi) is 5.91. The third-order valence-corrected chi connectivity index (χ3v) is 5.96. The van der Waals surface area contributed by atoms with E-state index in [2.05, 4.69) is 56.6 Å². The lowest BCUT2D eigenvalue weighted by Crippen LogP contribution is -2.43.